The summed E-state index contributed by atoms with van der Waals surface area (Å²) in [7, 11) is 1.50. The number of carbonyl (C=O) groups excluding carboxylic acids is 2. The summed E-state index contributed by atoms with van der Waals surface area (Å²) in [5, 5.41) is 11.6. The van der Waals surface area contributed by atoms with Gasteiger partial charge >= 0.3 is 5.97 Å². The van der Waals surface area contributed by atoms with Crippen LogP contribution in [0.3, 0.4) is 0 Å². The first-order valence-electron chi connectivity index (χ1n) is 7.67. The SMILES string of the molecule is CC(CN(C)C(=O)C(NC(=O)c1ccc(F)cc1)C(C)C)C(=O)O. The number of rotatable bonds is 7. The van der Waals surface area contributed by atoms with Gasteiger partial charge in [-0.25, -0.2) is 4.39 Å². The molecule has 1 rings (SSSR count). The van der Waals surface area contributed by atoms with Gasteiger partial charge in [0.05, 0.1) is 5.92 Å². The average Bonchev–Trinajstić information content (AvgIpc) is 2.51. The predicted molar refractivity (Wildman–Crippen MR) is 86.9 cm³/mol. The summed E-state index contributed by atoms with van der Waals surface area (Å²) in [4.78, 5) is 37.0. The highest BCUT2D eigenvalue weighted by atomic mass is 19.1. The van der Waals surface area contributed by atoms with Gasteiger partial charge in [-0.1, -0.05) is 20.8 Å². The Morgan fingerprint density at radius 1 is 1.17 bits per heavy atom. The first kappa shape index (κ1) is 19.6. The summed E-state index contributed by atoms with van der Waals surface area (Å²) in [5.41, 5.74) is 0.247. The van der Waals surface area contributed by atoms with Crippen LogP contribution in [-0.4, -0.2) is 47.4 Å². The Balaban J connectivity index is 2.82. The number of carboxylic acid groups (broad SMARTS) is 1. The largest absolute Gasteiger partial charge is 0.481 e. The van der Waals surface area contributed by atoms with Crippen LogP contribution >= 0.6 is 0 Å². The van der Waals surface area contributed by atoms with E-state index in [1.165, 1.54) is 43.1 Å². The Morgan fingerprint density at radius 3 is 2.17 bits per heavy atom. The fourth-order valence-electron chi connectivity index (χ4n) is 2.16. The van der Waals surface area contributed by atoms with Gasteiger partial charge < -0.3 is 15.3 Å². The Kier molecular flexibility index (Phi) is 6.88. The number of hydrogen-bond donors (Lipinski definition) is 2. The Bertz CT molecular complexity index is 601. The van der Waals surface area contributed by atoms with Crippen LogP contribution < -0.4 is 5.32 Å². The summed E-state index contributed by atoms with van der Waals surface area (Å²) in [6.07, 6.45) is 0. The number of aliphatic carboxylic acids is 1. The van der Waals surface area contributed by atoms with Crippen LogP contribution in [0.15, 0.2) is 24.3 Å². The molecule has 2 unspecified atom stereocenters. The Labute approximate surface area is 140 Å². The van der Waals surface area contributed by atoms with E-state index >= 15 is 0 Å². The van der Waals surface area contributed by atoms with Crippen LogP contribution in [0.1, 0.15) is 31.1 Å². The normalized spacial score (nSPS) is 13.2. The van der Waals surface area contributed by atoms with E-state index in [9.17, 15) is 18.8 Å². The van der Waals surface area contributed by atoms with Crippen LogP contribution in [0.25, 0.3) is 0 Å². The predicted octanol–water partition coefficient (Wildman–Crippen LogP) is 1.76. The van der Waals surface area contributed by atoms with Gasteiger partial charge in [0.15, 0.2) is 0 Å². The lowest BCUT2D eigenvalue weighted by atomic mass is 10.0. The monoisotopic (exact) mass is 338 g/mol. The summed E-state index contributed by atoms with van der Waals surface area (Å²) >= 11 is 0. The van der Waals surface area contributed by atoms with Crippen molar-refractivity contribution in [1.82, 2.24) is 10.2 Å². The van der Waals surface area contributed by atoms with Gasteiger partial charge in [-0.15, -0.1) is 0 Å². The minimum atomic E-state index is -0.994. The van der Waals surface area contributed by atoms with Gasteiger partial charge in [-0.3, -0.25) is 14.4 Å². The van der Waals surface area contributed by atoms with Crippen LogP contribution in [0, 0.1) is 17.7 Å². The van der Waals surface area contributed by atoms with Crippen molar-refractivity contribution in [2.45, 2.75) is 26.8 Å². The zero-order valence-electron chi connectivity index (χ0n) is 14.2. The molecular formula is C17H23FN2O4. The van der Waals surface area contributed by atoms with Gasteiger partial charge in [-0.05, 0) is 30.2 Å². The smallest absolute Gasteiger partial charge is 0.308 e. The number of carbonyl (C=O) groups is 3. The first-order valence-corrected chi connectivity index (χ1v) is 7.67. The number of hydrogen-bond acceptors (Lipinski definition) is 3. The van der Waals surface area contributed by atoms with Gasteiger partial charge in [0.1, 0.15) is 11.9 Å². The van der Waals surface area contributed by atoms with Crippen LogP contribution in [0.4, 0.5) is 4.39 Å². The van der Waals surface area contributed by atoms with E-state index < -0.39 is 29.7 Å². The van der Waals surface area contributed by atoms with Crippen molar-refractivity contribution < 1.29 is 23.9 Å². The maximum atomic E-state index is 12.9. The lowest BCUT2D eigenvalue weighted by molar-refractivity contribution is -0.143. The molecule has 0 spiro atoms. The molecule has 0 aromatic heterocycles. The highest BCUT2D eigenvalue weighted by Gasteiger charge is 2.28. The van der Waals surface area contributed by atoms with Crippen molar-refractivity contribution in [3.05, 3.63) is 35.6 Å². The third-order valence-corrected chi connectivity index (χ3v) is 3.67. The van der Waals surface area contributed by atoms with Crippen LogP contribution in [-0.2, 0) is 9.59 Å². The molecule has 0 heterocycles. The minimum Gasteiger partial charge on any atom is -0.481 e. The zero-order valence-corrected chi connectivity index (χ0v) is 14.2. The molecule has 2 atom stereocenters. The lowest BCUT2D eigenvalue weighted by Crippen LogP contribution is -2.51. The van der Waals surface area contributed by atoms with E-state index in [1.807, 2.05) is 0 Å². The molecule has 0 saturated heterocycles. The minimum absolute atomic E-state index is 0.0454. The van der Waals surface area contributed by atoms with Crippen molar-refractivity contribution in [3.63, 3.8) is 0 Å². The zero-order chi connectivity index (χ0) is 18.4. The summed E-state index contributed by atoms with van der Waals surface area (Å²) in [6.45, 7) is 5.11. The first-order chi connectivity index (χ1) is 11.1. The molecule has 0 aliphatic rings. The molecule has 2 amide bonds. The molecule has 0 aliphatic heterocycles. The number of benzene rings is 1. The Morgan fingerprint density at radius 2 is 1.71 bits per heavy atom. The second-order valence-electron chi connectivity index (χ2n) is 6.16. The molecule has 0 radical (unpaired) electrons. The van der Waals surface area contributed by atoms with E-state index in [0.717, 1.165) is 0 Å². The third-order valence-electron chi connectivity index (χ3n) is 3.67. The number of amides is 2. The molecule has 0 bridgehead atoms. The Hall–Kier alpha value is -2.44. The second kappa shape index (κ2) is 8.42. The number of likely N-dealkylation sites (N-methyl/N-ethyl adjacent to an activating group) is 1. The van der Waals surface area contributed by atoms with Crippen molar-refractivity contribution >= 4 is 17.8 Å². The number of carboxylic acids is 1. The fourth-order valence-corrected chi connectivity index (χ4v) is 2.16. The van der Waals surface area contributed by atoms with E-state index in [0.29, 0.717) is 0 Å². The average molecular weight is 338 g/mol. The van der Waals surface area contributed by atoms with E-state index in [1.54, 1.807) is 13.8 Å². The molecule has 1 aromatic carbocycles. The molecule has 0 aliphatic carbocycles. The summed E-state index contributed by atoms with van der Waals surface area (Å²) < 4.78 is 12.9. The molecule has 132 valence electrons. The van der Waals surface area contributed by atoms with E-state index in [2.05, 4.69) is 5.32 Å². The van der Waals surface area contributed by atoms with Crippen molar-refractivity contribution in [2.24, 2.45) is 11.8 Å². The molecular weight excluding hydrogens is 315 g/mol. The summed E-state index contributed by atoms with van der Waals surface area (Å²) in [6, 6.07) is 4.21. The fraction of sp³-hybridized carbons (Fsp3) is 0.471. The topological polar surface area (TPSA) is 86.7 Å². The van der Waals surface area contributed by atoms with Crippen molar-refractivity contribution in [2.75, 3.05) is 13.6 Å². The molecule has 1 aromatic rings. The lowest BCUT2D eigenvalue weighted by Gasteiger charge is -2.28. The maximum absolute atomic E-state index is 12.9. The molecule has 0 saturated carbocycles. The quantitative estimate of drug-likeness (QED) is 0.793. The van der Waals surface area contributed by atoms with Crippen LogP contribution in [0.2, 0.25) is 0 Å². The molecule has 6 nitrogen and oxygen atoms in total. The number of nitrogens with one attached hydrogen (secondary N) is 1. The highest BCUT2D eigenvalue weighted by Crippen LogP contribution is 2.10. The maximum Gasteiger partial charge on any atom is 0.308 e. The number of halogens is 1. The summed E-state index contributed by atoms with van der Waals surface area (Å²) in [5.74, 6) is -3.20. The van der Waals surface area contributed by atoms with Gasteiger partial charge in [-0.2, -0.15) is 0 Å². The van der Waals surface area contributed by atoms with Crippen molar-refractivity contribution in [1.29, 1.82) is 0 Å². The second-order valence-corrected chi connectivity index (χ2v) is 6.16. The molecule has 0 fully saturated rings. The van der Waals surface area contributed by atoms with E-state index in [-0.39, 0.29) is 23.9 Å². The van der Waals surface area contributed by atoms with E-state index in [4.69, 9.17) is 5.11 Å². The van der Waals surface area contributed by atoms with Gasteiger partial charge in [0.2, 0.25) is 5.91 Å². The van der Waals surface area contributed by atoms with Crippen molar-refractivity contribution in [3.8, 4) is 0 Å². The molecule has 24 heavy (non-hydrogen) atoms. The third kappa shape index (κ3) is 5.33. The molecule has 2 N–H and O–H groups in total. The standard InChI is InChI=1S/C17H23FN2O4/c1-10(2)14(16(22)20(4)9-11(3)17(23)24)19-15(21)12-5-7-13(18)8-6-12/h5-8,10-11,14H,9H2,1-4H3,(H,19,21)(H,23,24). The van der Waals surface area contributed by atoms with Crippen LogP contribution in [0.5, 0.6) is 0 Å². The molecule has 7 heteroatoms. The number of nitrogens with zero attached hydrogens (tertiary/aromatic N) is 1. The highest BCUT2D eigenvalue weighted by molar-refractivity contribution is 5.97. The van der Waals surface area contributed by atoms with Gasteiger partial charge in [0.25, 0.3) is 5.91 Å². The van der Waals surface area contributed by atoms with Gasteiger partial charge in [0, 0.05) is 19.2 Å².